The molecule has 2 unspecified atom stereocenters. The van der Waals surface area contributed by atoms with Crippen LogP contribution >= 0.6 is 0 Å². The highest BCUT2D eigenvalue weighted by Gasteiger charge is 2.33. The van der Waals surface area contributed by atoms with Gasteiger partial charge in [-0.15, -0.1) is 0 Å². The second-order valence-electron chi connectivity index (χ2n) is 5.38. The van der Waals surface area contributed by atoms with E-state index in [2.05, 4.69) is 13.8 Å². The first-order valence-electron chi connectivity index (χ1n) is 6.58. The van der Waals surface area contributed by atoms with E-state index in [0.717, 1.165) is 16.9 Å². The maximum absolute atomic E-state index is 12.0. The Labute approximate surface area is 114 Å². The number of fused-ring (bicyclic) bond motifs is 1. The first-order chi connectivity index (χ1) is 8.91. The van der Waals surface area contributed by atoms with Crippen LogP contribution in [0.15, 0.2) is 18.2 Å². The van der Waals surface area contributed by atoms with E-state index in [1.165, 1.54) is 4.90 Å². The summed E-state index contributed by atoms with van der Waals surface area (Å²) in [6.45, 7) is 6.17. The second-order valence-corrected chi connectivity index (χ2v) is 5.38. The van der Waals surface area contributed by atoms with Gasteiger partial charge in [-0.05, 0) is 18.4 Å². The van der Waals surface area contributed by atoms with Crippen molar-refractivity contribution in [1.82, 2.24) is 4.90 Å². The summed E-state index contributed by atoms with van der Waals surface area (Å²) in [6, 6.07) is 6.03. The van der Waals surface area contributed by atoms with E-state index in [1.807, 2.05) is 25.1 Å². The van der Waals surface area contributed by atoms with Gasteiger partial charge >= 0.3 is 0 Å². The summed E-state index contributed by atoms with van der Waals surface area (Å²) in [5.74, 6) is 0.975. The molecule has 104 valence electrons. The molecule has 0 saturated carbocycles. The van der Waals surface area contributed by atoms with Crippen LogP contribution < -0.4 is 4.74 Å². The molecule has 1 aliphatic rings. The number of carbonyl (C=O) groups is 1. The molecule has 1 heterocycles. The maximum atomic E-state index is 12.0. The molecule has 0 saturated heterocycles. The largest absolute Gasteiger partial charge is 0.455 e. The van der Waals surface area contributed by atoms with Crippen molar-refractivity contribution in [2.24, 2.45) is 0 Å². The summed E-state index contributed by atoms with van der Waals surface area (Å²) in [5, 5.41) is 0. The molecule has 1 aromatic rings. The zero-order chi connectivity index (χ0) is 14.2. The average molecular weight is 263 g/mol. The van der Waals surface area contributed by atoms with Gasteiger partial charge in [0.1, 0.15) is 5.75 Å². The molecule has 0 aliphatic carbocycles. The summed E-state index contributed by atoms with van der Waals surface area (Å²) < 4.78 is 11.5. The summed E-state index contributed by atoms with van der Waals surface area (Å²) in [5.41, 5.74) is 2.12. The van der Waals surface area contributed by atoms with Crippen LogP contribution in [-0.4, -0.2) is 31.2 Å². The van der Waals surface area contributed by atoms with E-state index in [0.29, 0.717) is 5.92 Å². The van der Waals surface area contributed by atoms with E-state index >= 15 is 0 Å². The Morgan fingerprint density at radius 3 is 2.58 bits per heavy atom. The first kappa shape index (κ1) is 13.9. The number of nitrogens with zero attached hydrogens (tertiary/aromatic N) is 1. The van der Waals surface area contributed by atoms with Gasteiger partial charge in [0, 0.05) is 19.7 Å². The fraction of sp³-hybridized carbons (Fsp3) is 0.533. The fourth-order valence-corrected chi connectivity index (χ4v) is 2.20. The molecule has 4 heteroatoms. The highest BCUT2D eigenvalue weighted by atomic mass is 16.7. The minimum absolute atomic E-state index is 0.142. The van der Waals surface area contributed by atoms with E-state index < -0.39 is 6.29 Å². The maximum Gasteiger partial charge on any atom is 0.291 e. The summed E-state index contributed by atoms with van der Waals surface area (Å²) in [4.78, 5) is 13.5. The van der Waals surface area contributed by atoms with Gasteiger partial charge in [-0.1, -0.05) is 32.0 Å². The lowest BCUT2D eigenvalue weighted by atomic mass is 9.96. The van der Waals surface area contributed by atoms with Gasteiger partial charge in [0.15, 0.2) is 0 Å². The molecule has 19 heavy (non-hydrogen) atoms. The summed E-state index contributed by atoms with van der Waals surface area (Å²) in [6.07, 6.45) is -0.992. The van der Waals surface area contributed by atoms with Gasteiger partial charge < -0.3 is 14.4 Å². The third kappa shape index (κ3) is 2.59. The molecular formula is C15H21NO3. The average Bonchev–Trinajstić information content (AvgIpc) is 2.36. The van der Waals surface area contributed by atoms with Gasteiger partial charge in [-0.25, -0.2) is 0 Å². The Hall–Kier alpha value is -1.55. The second kappa shape index (κ2) is 5.21. The predicted molar refractivity (Wildman–Crippen MR) is 73.1 cm³/mol. The molecule has 0 aromatic heterocycles. The molecule has 0 fully saturated rings. The Morgan fingerprint density at radius 1 is 1.32 bits per heavy atom. The van der Waals surface area contributed by atoms with Crippen molar-refractivity contribution in [3.05, 3.63) is 29.3 Å². The number of para-hydroxylation sites is 1. The highest BCUT2D eigenvalue weighted by molar-refractivity contribution is 5.79. The molecule has 0 spiro atoms. The molecule has 2 rings (SSSR count). The standard InChI is InChI=1S/C15H21NO3/c1-9(2)11-7-6-8-12-10(3)18-15(19-13(11)12)14(17)16(4)5/h6-10,15H,1-5H3. The van der Waals surface area contributed by atoms with Crippen LogP contribution in [0.2, 0.25) is 0 Å². The highest BCUT2D eigenvalue weighted by Crippen LogP contribution is 2.39. The van der Waals surface area contributed by atoms with Gasteiger partial charge in [-0.2, -0.15) is 0 Å². The van der Waals surface area contributed by atoms with E-state index in [1.54, 1.807) is 14.1 Å². The molecular weight excluding hydrogens is 242 g/mol. The Balaban J connectivity index is 2.39. The number of rotatable bonds is 2. The molecule has 2 atom stereocenters. The fourth-order valence-electron chi connectivity index (χ4n) is 2.20. The topological polar surface area (TPSA) is 38.8 Å². The lowest BCUT2D eigenvalue weighted by molar-refractivity contribution is -0.176. The molecule has 4 nitrogen and oxygen atoms in total. The first-order valence-corrected chi connectivity index (χ1v) is 6.58. The van der Waals surface area contributed by atoms with Gasteiger partial charge in [-0.3, -0.25) is 4.79 Å². The Bertz CT molecular complexity index is 468. The number of benzene rings is 1. The summed E-state index contributed by atoms with van der Waals surface area (Å²) >= 11 is 0. The zero-order valence-electron chi connectivity index (χ0n) is 12.1. The third-order valence-electron chi connectivity index (χ3n) is 3.33. The number of likely N-dealkylation sites (N-methyl/N-ethyl adjacent to an activating group) is 1. The minimum atomic E-state index is -0.850. The SMILES string of the molecule is CC(C)c1cccc2c1OC(C(=O)N(C)C)OC2C. The van der Waals surface area contributed by atoms with Crippen LogP contribution in [0.1, 0.15) is 43.9 Å². The monoisotopic (exact) mass is 263 g/mol. The van der Waals surface area contributed by atoms with Crippen LogP contribution in [-0.2, 0) is 9.53 Å². The minimum Gasteiger partial charge on any atom is -0.455 e. The van der Waals surface area contributed by atoms with Gasteiger partial charge in [0.05, 0.1) is 6.10 Å². The van der Waals surface area contributed by atoms with Crippen LogP contribution in [0.5, 0.6) is 5.75 Å². The number of amides is 1. The van der Waals surface area contributed by atoms with Crippen molar-refractivity contribution in [2.75, 3.05) is 14.1 Å². The van der Waals surface area contributed by atoms with E-state index in [-0.39, 0.29) is 12.0 Å². The smallest absolute Gasteiger partial charge is 0.291 e. The molecule has 0 radical (unpaired) electrons. The quantitative estimate of drug-likeness (QED) is 0.823. The molecule has 1 amide bonds. The van der Waals surface area contributed by atoms with Gasteiger partial charge in [0.25, 0.3) is 12.2 Å². The van der Waals surface area contributed by atoms with E-state index in [4.69, 9.17) is 9.47 Å². The number of hydrogen-bond acceptors (Lipinski definition) is 3. The van der Waals surface area contributed by atoms with Crippen molar-refractivity contribution >= 4 is 5.91 Å². The molecule has 0 N–H and O–H groups in total. The number of carbonyl (C=O) groups excluding carboxylic acids is 1. The van der Waals surface area contributed by atoms with Crippen molar-refractivity contribution in [1.29, 1.82) is 0 Å². The third-order valence-corrected chi connectivity index (χ3v) is 3.33. The van der Waals surface area contributed by atoms with Crippen molar-refractivity contribution in [3.63, 3.8) is 0 Å². The van der Waals surface area contributed by atoms with Crippen LogP contribution in [0.3, 0.4) is 0 Å². The molecule has 0 bridgehead atoms. The van der Waals surface area contributed by atoms with Crippen LogP contribution in [0.25, 0.3) is 0 Å². The lowest BCUT2D eigenvalue weighted by Crippen LogP contribution is -2.42. The predicted octanol–water partition coefficient (Wildman–Crippen LogP) is 2.69. The molecule has 1 aliphatic heterocycles. The number of ether oxygens (including phenoxy) is 2. The van der Waals surface area contributed by atoms with Crippen molar-refractivity contribution in [3.8, 4) is 5.75 Å². The van der Waals surface area contributed by atoms with Crippen LogP contribution in [0.4, 0.5) is 0 Å². The lowest BCUT2D eigenvalue weighted by Gasteiger charge is -2.33. The van der Waals surface area contributed by atoms with Gasteiger partial charge in [0.2, 0.25) is 0 Å². The Morgan fingerprint density at radius 2 is 2.00 bits per heavy atom. The van der Waals surface area contributed by atoms with E-state index in [9.17, 15) is 4.79 Å². The van der Waals surface area contributed by atoms with Crippen molar-refractivity contribution in [2.45, 2.75) is 39.1 Å². The zero-order valence-corrected chi connectivity index (χ0v) is 12.1. The molecule has 1 aromatic carbocycles. The van der Waals surface area contributed by atoms with Crippen molar-refractivity contribution < 1.29 is 14.3 Å². The number of hydrogen-bond donors (Lipinski definition) is 0. The van der Waals surface area contributed by atoms with Crippen LogP contribution in [0, 0.1) is 0 Å². The Kier molecular flexibility index (Phi) is 3.80. The summed E-state index contributed by atoms with van der Waals surface area (Å²) in [7, 11) is 3.40. The normalized spacial score (nSPS) is 21.8.